The molecule has 120 valence electrons. The minimum absolute atomic E-state index is 0.118. The molecule has 0 aromatic carbocycles. The molecule has 0 unspecified atom stereocenters. The van der Waals surface area contributed by atoms with Crippen molar-refractivity contribution in [2.45, 2.75) is 77.5 Å². The van der Waals surface area contributed by atoms with Crippen LogP contribution in [0.2, 0.25) is 0 Å². The number of piperidine rings is 1. The molecule has 0 saturated carbocycles. The van der Waals surface area contributed by atoms with Gasteiger partial charge in [0.25, 0.3) is 0 Å². The number of hydrogen-bond acceptors (Lipinski definition) is 4. The van der Waals surface area contributed by atoms with Gasteiger partial charge in [-0.15, -0.1) is 0 Å². The summed E-state index contributed by atoms with van der Waals surface area (Å²) in [5, 5.41) is 0. The summed E-state index contributed by atoms with van der Waals surface area (Å²) < 4.78 is 10.5. The third-order valence-electron chi connectivity index (χ3n) is 4.20. The van der Waals surface area contributed by atoms with Gasteiger partial charge >= 0.3 is 12.1 Å². The molecule has 1 amide bonds. The van der Waals surface area contributed by atoms with Crippen molar-refractivity contribution < 1.29 is 19.1 Å². The van der Waals surface area contributed by atoms with Crippen LogP contribution in [0.4, 0.5) is 4.79 Å². The molecule has 5 nitrogen and oxygen atoms in total. The molecular weight excluding hydrogens is 270 g/mol. The molecule has 0 aromatic heterocycles. The summed E-state index contributed by atoms with van der Waals surface area (Å²) in [5.74, 6) is 0.216. The second kappa shape index (κ2) is 6.24. The number of nitrogens with zero attached hydrogens (tertiary/aromatic N) is 1. The topological polar surface area (TPSA) is 55.8 Å². The Kier molecular flexibility index (Phi) is 4.79. The van der Waals surface area contributed by atoms with Gasteiger partial charge in [0.1, 0.15) is 5.60 Å². The van der Waals surface area contributed by atoms with Gasteiger partial charge in [0, 0.05) is 18.5 Å². The normalized spacial score (nSPS) is 28.4. The summed E-state index contributed by atoms with van der Waals surface area (Å²) in [7, 11) is 0. The zero-order valence-corrected chi connectivity index (χ0v) is 13.6. The predicted molar refractivity (Wildman–Crippen MR) is 78.9 cm³/mol. The first kappa shape index (κ1) is 16.1. The number of rotatable bonds is 3. The standard InChI is InChI=1S/C16H27NO4/c1-5-20-14(18)10-11-8-12-6-7-13(9-11)17(12)15(19)21-16(2,3)4/h11-13H,5-10H2,1-4H3/t11-,12+,13-. The summed E-state index contributed by atoms with van der Waals surface area (Å²) in [6.07, 6.45) is 4.07. The van der Waals surface area contributed by atoms with E-state index in [-0.39, 0.29) is 24.1 Å². The summed E-state index contributed by atoms with van der Waals surface area (Å²) in [4.78, 5) is 25.8. The molecule has 21 heavy (non-hydrogen) atoms. The first-order valence-electron chi connectivity index (χ1n) is 7.97. The first-order chi connectivity index (χ1) is 9.80. The summed E-state index contributed by atoms with van der Waals surface area (Å²) in [5.41, 5.74) is -0.460. The van der Waals surface area contributed by atoms with Crippen molar-refractivity contribution in [3.05, 3.63) is 0 Å². The van der Waals surface area contributed by atoms with E-state index in [0.717, 1.165) is 25.7 Å². The van der Waals surface area contributed by atoms with Crippen LogP contribution < -0.4 is 0 Å². The fraction of sp³-hybridized carbons (Fsp3) is 0.875. The predicted octanol–water partition coefficient (Wildman–Crippen LogP) is 3.12. The highest BCUT2D eigenvalue weighted by molar-refractivity contribution is 5.71. The SMILES string of the molecule is CCOC(=O)C[C@H]1C[C@H]2CC[C@@H](C1)N2C(=O)OC(C)(C)C. The Morgan fingerprint density at radius 2 is 1.71 bits per heavy atom. The fourth-order valence-corrected chi connectivity index (χ4v) is 3.52. The number of ether oxygens (including phenoxy) is 2. The molecular formula is C16H27NO4. The van der Waals surface area contributed by atoms with E-state index in [2.05, 4.69) is 0 Å². The zero-order valence-electron chi connectivity index (χ0n) is 13.6. The monoisotopic (exact) mass is 297 g/mol. The van der Waals surface area contributed by atoms with Gasteiger partial charge in [0.2, 0.25) is 0 Å². The molecule has 2 saturated heterocycles. The summed E-state index contributed by atoms with van der Waals surface area (Å²) >= 11 is 0. The Labute approximate surface area is 127 Å². The van der Waals surface area contributed by atoms with E-state index in [1.807, 2.05) is 32.6 Å². The Balaban J connectivity index is 1.93. The van der Waals surface area contributed by atoms with E-state index in [0.29, 0.717) is 18.9 Å². The molecule has 3 atom stereocenters. The average Bonchev–Trinajstić information content (AvgIpc) is 2.60. The number of hydrogen-bond donors (Lipinski definition) is 0. The Bertz CT molecular complexity index is 388. The van der Waals surface area contributed by atoms with Crippen molar-refractivity contribution in [2.75, 3.05) is 6.61 Å². The van der Waals surface area contributed by atoms with Crippen molar-refractivity contribution >= 4 is 12.1 Å². The van der Waals surface area contributed by atoms with Crippen LogP contribution in [0.5, 0.6) is 0 Å². The Hall–Kier alpha value is -1.26. The zero-order chi connectivity index (χ0) is 15.6. The highest BCUT2D eigenvalue weighted by Gasteiger charge is 2.45. The van der Waals surface area contributed by atoms with E-state index in [1.165, 1.54) is 0 Å². The van der Waals surface area contributed by atoms with Crippen LogP contribution in [0.15, 0.2) is 0 Å². The van der Waals surface area contributed by atoms with Gasteiger partial charge in [-0.2, -0.15) is 0 Å². The van der Waals surface area contributed by atoms with Crippen molar-refractivity contribution in [3.8, 4) is 0 Å². The van der Waals surface area contributed by atoms with E-state index < -0.39 is 5.60 Å². The van der Waals surface area contributed by atoms with Gasteiger partial charge in [-0.3, -0.25) is 4.79 Å². The summed E-state index contributed by atoms with van der Waals surface area (Å²) in [6.45, 7) is 7.93. The Morgan fingerprint density at radius 1 is 1.14 bits per heavy atom. The molecule has 0 N–H and O–H groups in total. The number of carbonyl (C=O) groups is 2. The van der Waals surface area contributed by atoms with Crippen LogP contribution in [0, 0.1) is 5.92 Å². The maximum Gasteiger partial charge on any atom is 0.410 e. The second-order valence-corrected chi connectivity index (χ2v) is 7.12. The largest absolute Gasteiger partial charge is 0.466 e. The van der Waals surface area contributed by atoms with E-state index in [1.54, 1.807) is 0 Å². The number of fused-ring (bicyclic) bond motifs is 2. The number of carbonyl (C=O) groups excluding carboxylic acids is 2. The van der Waals surface area contributed by atoms with Crippen molar-refractivity contribution in [2.24, 2.45) is 5.92 Å². The van der Waals surface area contributed by atoms with Gasteiger partial charge in [-0.25, -0.2) is 4.79 Å². The highest BCUT2D eigenvalue weighted by Crippen LogP contribution is 2.40. The Morgan fingerprint density at radius 3 is 2.19 bits per heavy atom. The molecule has 2 fully saturated rings. The molecule has 2 aliphatic rings. The van der Waals surface area contributed by atoms with Crippen molar-refractivity contribution in [1.82, 2.24) is 4.90 Å². The molecule has 0 radical (unpaired) electrons. The minimum Gasteiger partial charge on any atom is -0.466 e. The third kappa shape index (κ3) is 4.11. The minimum atomic E-state index is -0.460. The lowest BCUT2D eigenvalue weighted by atomic mass is 9.88. The van der Waals surface area contributed by atoms with E-state index in [9.17, 15) is 9.59 Å². The quantitative estimate of drug-likeness (QED) is 0.751. The molecule has 0 aliphatic carbocycles. The average molecular weight is 297 g/mol. The molecule has 0 spiro atoms. The van der Waals surface area contributed by atoms with Crippen LogP contribution in [0.25, 0.3) is 0 Å². The van der Waals surface area contributed by atoms with Crippen LogP contribution in [0.3, 0.4) is 0 Å². The van der Waals surface area contributed by atoms with Crippen molar-refractivity contribution in [1.29, 1.82) is 0 Å². The molecule has 2 heterocycles. The summed E-state index contributed by atoms with van der Waals surface area (Å²) in [6, 6.07) is 0.441. The van der Waals surface area contributed by atoms with Crippen LogP contribution in [-0.2, 0) is 14.3 Å². The van der Waals surface area contributed by atoms with Gasteiger partial charge < -0.3 is 14.4 Å². The highest BCUT2D eigenvalue weighted by atomic mass is 16.6. The fourth-order valence-electron chi connectivity index (χ4n) is 3.52. The molecule has 2 rings (SSSR count). The number of amides is 1. The molecule has 5 heteroatoms. The maximum atomic E-state index is 12.3. The van der Waals surface area contributed by atoms with Gasteiger partial charge in [0.05, 0.1) is 6.61 Å². The van der Waals surface area contributed by atoms with E-state index >= 15 is 0 Å². The number of esters is 1. The first-order valence-corrected chi connectivity index (χ1v) is 7.97. The lowest BCUT2D eigenvalue weighted by Gasteiger charge is -2.39. The molecule has 2 bridgehead atoms. The van der Waals surface area contributed by atoms with Crippen LogP contribution >= 0.6 is 0 Å². The smallest absolute Gasteiger partial charge is 0.410 e. The second-order valence-electron chi connectivity index (χ2n) is 7.12. The van der Waals surface area contributed by atoms with Gasteiger partial charge in [-0.05, 0) is 59.3 Å². The molecule has 2 aliphatic heterocycles. The lowest BCUT2D eigenvalue weighted by molar-refractivity contribution is -0.144. The van der Waals surface area contributed by atoms with Gasteiger partial charge in [0.15, 0.2) is 0 Å². The van der Waals surface area contributed by atoms with Crippen LogP contribution in [-0.4, -0.2) is 41.3 Å². The lowest BCUT2D eigenvalue weighted by Crippen LogP contribution is -2.48. The molecule has 0 aromatic rings. The van der Waals surface area contributed by atoms with Crippen molar-refractivity contribution in [3.63, 3.8) is 0 Å². The maximum absolute atomic E-state index is 12.3. The van der Waals surface area contributed by atoms with Gasteiger partial charge in [-0.1, -0.05) is 0 Å². The van der Waals surface area contributed by atoms with Crippen LogP contribution in [0.1, 0.15) is 59.8 Å². The van der Waals surface area contributed by atoms with E-state index in [4.69, 9.17) is 9.47 Å². The third-order valence-corrected chi connectivity index (χ3v) is 4.20.